The van der Waals surface area contributed by atoms with Crippen molar-refractivity contribution in [1.29, 1.82) is 0 Å². The molecule has 2 rings (SSSR count). The fraction of sp³-hybridized carbons (Fsp3) is 0.647. The summed E-state index contributed by atoms with van der Waals surface area (Å²) in [5.74, 6) is 0.677. The summed E-state index contributed by atoms with van der Waals surface area (Å²) in [6, 6.07) is 11.9. The second kappa shape index (κ2) is 7.77. The lowest BCUT2D eigenvalue weighted by Crippen LogP contribution is -2.54. The Hall–Kier alpha value is -0.900. The Morgan fingerprint density at radius 1 is 1.30 bits per heavy atom. The van der Waals surface area contributed by atoms with Crippen LogP contribution in [0.2, 0.25) is 0 Å². The summed E-state index contributed by atoms with van der Waals surface area (Å²) < 4.78 is 5.21. The van der Waals surface area contributed by atoms with Gasteiger partial charge in [0.15, 0.2) is 0 Å². The molecule has 3 heteroatoms. The third-order valence-electron chi connectivity index (χ3n) is 4.23. The number of benzene rings is 1. The topological polar surface area (TPSA) is 24.5 Å². The summed E-state index contributed by atoms with van der Waals surface area (Å²) in [4.78, 5) is 2.62. The Labute approximate surface area is 123 Å². The van der Waals surface area contributed by atoms with Crippen LogP contribution >= 0.6 is 0 Å². The molecule has 0 amide bonds. The lowest BCUT2D eigenvalue weighted by atomic mass is 9.96. The Bertz CT molecular complexity index is 380. The van der Waals surface area contributed by atoms with Crippen molar-refractivity contribution in [3.63, 3.8) is 0 Å². The van der Waals surface area contributed by atoms with Crippen LogP contribution in [0.15, 0.2) is 30.3 Å². The van der Waals surface area contributed by atoms with Crippen molar-refractivity contribution < 1.29 is 4.74 Å². The maximum atomic E-state index is 5.21. The number of rotatable bonds is 6. The molecule has 0 saturated carbocycles. The number of ether oxygens (including phenoxy) is 1. The normalized spacial score (nSPS) is 24.2. The second-order valence-electron chi connectivity index (χ2n) is 6.03. The van der Waals surface area contributed by atoms with Crippen molar-refractivity contribution in [1.82, 2.24) is 10.2 Å². The van der Waals surface area contributed by atoms with Gasteiger partial charge in [0, 0.05) is 45.4 Å². The van der Waals surface area contributed by atoms with Gasteiger partial charge in [0.25, 0.3) is 0 Å². The summed E-state index contributed by atoms with van der Waals surface area (Å²) in [6.07, 6.45) is 1.10. The summed E-state index contributed by atoms with van der Waals surface area (Å²) in [6.45, 7) is 8.72. The number of piperazine rings is 1. The summed E-state index contributed by atoms with van der Waals surface area (Å²) in [7, 11) is 1.78. The van der Waals surface area contributed by atoms with Gasteiger partial charge in [-0.15, -0.1) is 0 Å². The Morgan fingerprint density at radius 3 is 2.70 bits per heavy atom. The molecule has 3 nitrogen and oxygen atoms in total. The van der Waals surface area contributed by atoms with Crippen molar-refractivity contribution in [3.8, 4) is 0 Å². The molecule has 0 aromatic heterocycles. The van der Waals surface area contributed by atoms with Crippen LogP contribution in [0.4, 0.5) is 0 Å². The molecule has 2 unspecified atom stereocenters. The van der Waals surface area contributed by atoms with E-state index in [1.165, 1.54) is 5.56 Å². The van der Waals surface area contributed by atoms with Crippen molar-refractivity contribution in [2.24, 2.45) is 5.92 Å². The molecule has 1 N–H and O–H groups in total. The molecule has 1 saturated heterocycles. The number of nitrogens with zero attached hydrogens (tertiary/aromatic N) is 1. The molecular weight excluding hydrogens is 248 g/mol. The lowest BCUT2D eigenvalue weighted by Gasteiger charge is -2.42. The predicted molar refractivity (Wildman–Crippen MR) is 83.9 cm³/mol. The van der Waals surface area contributed by atoms with E-state index in [9.17, 15) is 0 Å². The maximum Gasteiger partial charge on any atom is 0.0474 e. The standard InChI is InChI=1S/C17H28N2O/c1-14(2)16-13-19(10-7-11-20-3)17(12-18-16)15-8-5-4-6-9-15/h4-6,8-9,14,16-18H,7,10-13H2,1-3H3. The molecule has 2 atom stereocenters. The molecule has 1 fully saturated rings. The van der Waals surface area contributed by atoms with Crippen LogP contribution < -0.4 is 5.32 Å². The van der Waals surface area contributed by atoms with E-state index in [0.29, 0.717) is 18.0 Å². The molecule has 0 radical (unpaired) electrons. The molecule has 1 aliphatic heterocycles. The zero-order chi connectivity index (χ0) is 14.4. The molecule has 20 heavy (non-hydrogen) atoms. The van der Waals surface area contributed by atoms with Gasteiger partial charge in [-0.1, -0.05) is 44.2 Å². The first kappa shape index (κ1) is 15.5. The van der Waals surface area contributed by atoms with E-state index in [0.717, 1.165) is 32.7 Å². The molecule has 0 aliphatic carbocycles. The third kappa shape index (κ3) is 4.05. The van der Waals surface area contributed by atoms with Crippen LogP contribution in [-0.4, -0.2) is 44.3 Å². The van der Waals surface area contributed by atoms with Crippen LogP contribution in [0.25, 0.3) is 0 Å². The van der Waals surface area contributed by atoms with Crippen LogP contribution in [0, 0.1) is 5.92 Å². The first-order chi connectivity index (χ1) is 9.72. The number of hydrogen-bond donors (Lipinski definition) is 1. The van der Waals surface area contributed by atoms with Gasteiger partial charge in [-0.05, 0) is 17.9 Å². The summed E-state index contributed by atoms with van der Waals surface area (Å²) in [5, 5.41) is 3.71. The lowest BCUT2D eigenvalue weighted by molar-refractivity contribution is 0.0974. The second-order valence-corrected chi connectivity index (χ2v) is 6.03. The minimum absolute atomic E-state index is 0.489. The largest absolute Gasteiger partial charge is 0.385 e. The molecule has 112 valence electrons. The third-order valence-corrected chi connectivity index (χ3v) is 4.23. The molecule has 0 spiro atoms. The van der Waals surface area contributed by atoms with E-state index in [4.69, 9.17) is 4.74 Å². The first-order valence-electron chi connectivity index (χ1n) is 7.73. The molecule has 0 bridgehead atoms. The highest BCUT2D eigenvalue weighted by Crippen LogP contribution is 2.25. The van der Waals surface area contributed by atoms with Gasteiger partial charge in [0.1, 0.15) is 0 Å². The number of methoxy groups -OCH3 is 1. The maximum absolute atomic E-state index is 5.21. The highest BCUT2D eigenvalue weighted by molar-refractivity contribution is 5.20. The van der Waals surface area contributed by atoms with E-state index in [1.807, 2.05) is 0 Å². The van der Waals surface area contributed by atoms with Gasteiger partial charge >= 0.3 is 0 Å². The Morgan fingerprint density at radius 2 is 2.05 bits per heavy atom. The quantitative estimate of drug-likeness (QED) is 0.809. The van der Waals surface area contributed by atoms with Gasteiger partial charge in [-0.25, -0.2) is 0 Å². The van der Waals surface area contributed by atoms with Crippen LogP contribution in [0.1, 0.15) is 31.9 Å². The minimum atomic E-state index is 0.489. The number of nitrogens with one attached hydrogen (secondary N) is 1. The smallest absolute Gasteiger partial charge is 0.0474 e. The van der Waals surface area contributed by atoms with Crippen molar-refractivity contribution in [2.45, 2.75) is 32.4 Å². The van der Waals surface area contributed by atoms with E-state index in [1.54, 1.807) is 7.11 Å². The summed E-state index contributed by atoms with van der Waals surface area (Å²) in [5.41, 5.74) is 1.42. The van der Waals surface area contributed by atoms with E-state index >= 15 is 0 Å². The van der Waals surface area contributed by atoms with Crippen LogP contribution in [0.5, 0.6) is 0 Å². The highest BCUT2D eigenvalue weighted by atomic mass is 16.5. The zero-order valence-corrected chi connectivity index (χ0v) is 13.0. The molecule has 1 aromatic rings. The van der Waals surface area contributed by atoms with Gasteiger partial charge in [-0.2, -0.15) is 0 Å². The fourth-order valence-electron chi connectivity index (χ4n) is 2.95. The predicted octanol–water partition coefficient (Wildman–Crippen LogP) is 2.69. The van der Waals surface area contributed by atoms with Gasteiger partial charge in [0.2, 0.25) is 0 Å². The average Bonchev–Trinajstić information content (AvgIpc) is 2.48. The SMILES string of the molecule is COCCCN1CC(C(C)C)NCC1c1ccccc1. The van der Waals surface area contributed by atoms with Crippen molar-refractivity contribution in [3.05, 3.63) is 35.9 Å². The fourth-order valence-corrected chi connectivity index (χ4v) is 2.95. The van der Waals surface area contributed by atoms with Gasteiger partial charge in [-0.3, -0.25) is 4.90 Å². The average molecular weight is 276 g/mol. The van der Waals surface area contributed by atoms with Crippen LogP contribution in [0.3, 0.4) is 0 Å². The van der Waals surface area contributed by atoms with E-state index in [2.05, 4.69) is 54.4 Å². The number of hydrogen-bond acceptors (Lipinski definition) is 3. The zero-order valence-electron chi connectivity index (χ0n) is 13.0. The minimum Gasteiger partial charge on any atom is -0.385 e. The first-order valence-corrected chi connectivity index (χ1v) is 7.73. The monoisotopic (exact) mass is 276 g/mol. The van der Waals surface area contributed by atoms with Crippen LogP contribution in [-0.2, 0) is 4.74 Å². The van der Waals surface area contributed by atoms with Crippen molar-refractivity contribution >= 4 is 0 Å². The van der Waals surface area contributed by atoms with E-state index in [-0.39, 0.29) is 0 Å². The molecule has 1 aromatic carbocycles. The molecule has 1 aliphatic rings. The Kier molecular flexibility index (Phi) is 6.02. The summed E-state index contributed by atoms with van der Waals surface area (Å²) >= 11 is 0. The Balaban J connectivity index is 2.04. The van der Waals surface area contributed by atoms with Gasteiger partial charge < -0.3 is 10.1 Å². The highest BCUT2D eigenvalue weighted by Gasteiger charge is 2.29. The van der Waals surface area contributed by atoms with Gasteiger partial charge in [0.05, 0.1) is 0 Å². The molecular formula is C17H28N2O. The molecule has 1 heterocycles. The van der Waals surface area contributed by atoms with E-state index < -0.39 is 0 Å². The van der Waals surface area contributed by atoms with Crippen molar-refractivity contribution in [2.75, 3.05) is 33.4 Å².